The molecule has 1 aliphatic rings. The molecule has 3 rings (SSSR count). The van der Waals surface area contributed by atoms with Crippen molar-refractivity contribution in [1.29, 1.82) is 5.26 Å². The maximum Gasteiger partial charge on any atom is 0.417 e. The lowest BCUT2D eigenvalue weighted by Gasteiger charge is -2.45. The van der Waals surface area contributed by atoms with E-state index in [-0.39, 0.29) is 51.9 Å². The van der Waals surface area contributed by atoms with Crippen molar-refractivity contribution in [2.75, 3.05) is 13.3 Å². The minimum Gasteiger partial charge on any atom is -0.530 e. The van der Waals surface area contributed by atoms with Crippen molar-refractivity contribution in [2.45, 2.75) is 84.9 Å². The summed E-state index contributed by atoms with van der Waals surface area (Å²) in [5, 5.41) is 22.9. The number of nitrogens with one attached hydrogen (secondary N) is 1. The number of ether oxygens (including phenoxy) is 3. The predicted octanol–water partition coefficient (Wildman–Crippen LogP) is 7.70. The van der Waals surface area contributed by atoms with E-state index in [2.05, 4.69) is 30.0 Å². The first-order chi connectivity index (χ1) is 23.4. The lowest BCUT2D eigenvalue weighted by atomic mass is 10.0. The van der Waals surface area contributed by atoms with E-state index in [0.717, 1.165) is 6.04 Å². The first-order valence-electron chi connectivity index (χ1n) is 15.7. The number of nitriles is 1. The van der Waals surface area contributed by atoms with E-state index >= 15 is 4.39 Å². The van der Waals surface area contributed by atoms with Crippen molar-refractivity contribution in [3.05, 3.63) is 68.2 Å². The highest BCUT2D eigenvalue weighted by Crippen LogP contribution is 2.42. The zero-order valence-electron chi connectivity index (χ0n) is 29.9. The molecular weight excluding hydrogens is 744 g/mol. The van der Waals surface area contributed by atoms with E-state index in [1.807, 2.05) is 6.07 Å². The van der Waals surface area contributed by atoms with Crippen LogP contribution in [0.2, 0.25) is 35.7 Å². The number of nitrogens with zero attached hydrogens (tertiary/aromatic N) is 4. The molecule has 51 heavy (non-hydrogen) atoms. The molecule has 0 aliphatic carbocycles. The Hall–Kier alpha value is -3.71. The number of amides is 3. The molecule has 0 spiro atoms. The highest BCUT2D eigenvalue weighted by Gasteiger charge is 2.59. The number of carboxylic acid groups (broad SMARTS) is 1. The molecule has 2 aromatic rings. The van der Waals surface area contributed by atoms with Gasteiger partial charge in [0.15, 0.2) is 18.3 Å². The Kier molecular flexibility index (Phi) is 13.0. The molecule has 0 radical (unpaired) electrons. The van der Waals surface area contributed by atoms with Gasteiger partial charge in [-0.1, -0.05) is 60.5 Å². The Labute approximate surface area is 312 Å². The van der Waals surface area contributed by atoms with E-state index in [4.69, 9.17) is 49.0 Å². The number of carbonyl (C=O) groups excluding carboxylic acids is 3. The van der Waals surface area contributed by atoms with Gasteiger partial charge in [-0.3, -0.25) is 10.1 Å². The van der Waals surface area contributed by atoms with Crippen LogP contribution < -0.4 is 15.2 Å². The zero-order chi connectivity index (χ0) is 38.7. The third-order valence-electron chi connectivity index (χ3n) is 7.52. The van der Waals surface area contributed by atoms with Crippen LogP contribution in [0.15, 0.2) is 46.2 Å². The number of carbonyl (C=O) groups is 3. The Morgan fingerprint density at radius 3 is 2.27 bits per heavy atom. The van der Waals surface area contributed by atoms with Crippen LogP contribution in [-0.4, -0.2) is 66.0 Å². The Morgan fingerprint density at radius 1 is 1.08 bits per heavy atom. The molecule has 0 bridgehead atoms. The molecule has 1 N–H and O–H groups in total. The fourth-order valence-electron chi connectivity index (χ4n) is 4.94. The molecule has 276 valence electrons. The molecule has 1 heterocycles. The molecule has 0 aromatic heterocycles. The Balaban J connectivity index is 2.18. The summed E-state index contributed by atoms with van der Waals surface area (Å²) in [6.45, 7) is 15.6. The van der Waals surface area contributed by atoms with Crippen LogP contribution in [0, 0.1) is 17.1 Å². The normalized spacial score (nSPS) is 16.4. The van der Waals surface area contributed by atoms with Crippen molar-refractivity contribution in [3.8, 4) is 17.6 Å². The quantitative estimate of drug-likeness (QED) is 0.111. The average molecular weight is 785 g/mol. The van der Waals surface area contributed by atoms with Crippen LogP contribution >= 0.6 is 34.8 Å². The summed E-state index contributed by atoms with van der Waals surface area (Å²) in [4.78, 5) is 45.3. The highest BCUT2D eigenvalue weighted by atomic mass is 35.5. The van der Waals surface area contributed by atoms with E-state index in [1.54, 1.807) is 41.5 Å². The Morgan fingerprint density at radius 2 is 1.73 bits per heavy atom. The highest BCUT2D eigenvalue weighted by molar-refractivity contribution is 6.76. The molecule has 12 nitrogen and oxygen atoms in total. The first-order valence-corrected chi connectivity index (χ1v) is 20.6. The van der Waals surface area contributed by atoms with Gasteiger partial charge < -0.3 is 24.1 Å². The lowest BCUT2D eigenvalue weighted by molar-refractivity contribution is -0.869. The van der Waals surface area contributed by atoms with Crippen molar-refractivity contribution in [1.82, 2.24) is 10.2 Å². The van der Waals surface area contributed by atoms with E-state index in [1.165, 1.54) is 30.3 Å². The second-order valence-electron chi connectivity index (χ2n) is 14.9. The van der Waals surface area contributed by atoms with Gasteiger partial charge in [0.1, 0.15) is 23.0 Å². The number of imide groups is 1. The standard InChI is InChI=1S/C34H41Cl3FN5O7Si/c1-33(2,3)43(19-48-12-13-51(7,8)9)26(28(37)40-30(43)41-31(45)46)29(44)42(32(47)50-34(4,5)6)18-21-10-11-24(36)27(25(21)38)49-23-15-20(17-39)14-22(35)16-23/h10-11,14-16H,12-13,18-19H2,1-9H3,(H-,40,41,44,45,46). The zero-order valence-corrected chi connectivity index (χ0v) is 33.1. The molecule has 3 amide bonds. The third-order valence-corrected chi connectivity index (χ3v) is 10.0. The minimum atomic E-state index is -1.72. The number of quaternary nitrogens is 1. The number of rotatable bonds is 10. The number of guanidine groups is 1. The SMILES string of the molecule is CC(C)(C)OC(=O)N(Cc1ccc(Cl)c(Oc2cc(Cl)cc(C#N)c2)c1F)C(=O)C1=C(Cl)N=C(NC(=O)[O-])[N+]1(COCC[Si](C)(C)C)C(C)(C)C. The summed E-state index contributed by atoms with van der Waals surface area (Å²) in [5.41, 5.74) is -2.59. The number of hydrogen-bond acceptors (Lipinski definition) is 9. The molecule has 17 heteroatoms. The summed E-state index contributed by atoms with van der Waals surface area (Å²) in [6, 6.07) is 9.30. The summed E-state index contributed by atoms with van der Waals surface area (Å²) in [7, 11) is -1.58. The second kappa shape index (κ2) is 15.9. The topological polar surface area (TPSA) is 153 Å². The summed E-state index contributed by atoms with van der Waals surface area (Å²) in [6.07, 6.45) is -2.88. The van der Waals surface area contributed by atoms with Crippen LogP contribution in [0.25, 0.3) is 0 Å². The number of halogens is 4. The van der Waals surface area contributed by atoms with E-state index < -0.39 is 65.1 Å². The molecule has 1 aliphatic heterocycles. The number of benzene rings is 2. The molecule has 0 saturated carbocycles. The second-order valence-corrected chi connectivity index (χ2v) is 21.7. The van der Waals surface area contributed by atoms with Gasteiger partial charge in [0, 0.05) is 18.7 Å². The maximum atomic E-state index is 16.3. The monoisotopic (exact) mass is 783 g/mol. The minimum absolute atomic E-state index is 0.00598. The van der Waals surface area contributed by atoms with Gasteiger partial charge in [-0.25, -0.2) is 14.1 Å². The predicted molar refractivity (Wildman–Crippen MR) is 192 cm³/mol. The van der Waals surface area contributed by atoms with Crippen molar-refractivity contribution in [2.24, 2.45) is 4.99 Å². The smallest absolute Gasteiger partial charge is 0.417 e. The van der Waals surface area contributed by atoms with Crippen LogP contribution in [0.1, 0.15) is 52.7 Å². The van der Waals surface area contributed by atoms with E-state index in [0.29, 0.717) is 4.90 Å². The fraction of sp³-hybridized carbons (Fsp3) is 0.441. The largest absolute Gasteiger partial charge is 0.530 e. The fourth-order valence-corrected chi connectivity index (χ4v) is 6.41. The molecule has 1 atom stereocenters. The lowest BCUT2D eigenvalue weighted by Crippen LogP contribution is -2.69. The van der Waals surface area contributed by atoms with Crippen molar-refractivity contribution >= 4 is 66.9 Å². The maximum absolute atomic E-state index is 16.3. The third kappa shape index (κ3) is 10.2. The van der Waals surface area contributed by atoms with Gasteiger partial charge >= 0.3 is 18.0 Å². The van der Waals surface area contributed by atoms with Crippen LogP contribution in [0.3, 0.4) is 0 Å². The molecule has 0 fully saturated rings. The van der Waals surface area contributed by atoms with Crippen molar-refractivity contribution in [3.63, 3.8) is 0 Å². The van der Waals surface area contributed by atoms with Gasteiger partial charge in [0.05, 0.1) is 29.8 Å². The molecule has 1 unspecified atom stereocenters. The summed E-state index contributed by atoms with van der Waals surface area (Å²) in [5.74, 6) is -2.85. The van der Waals surface area contributed by atoms with Crippen LogP contribution in [0.4, 0.5) is 14.0 Å². The van der Waals surface area contributed by atoms with Gasteiger partial charge in [0.2, 0.25) is 10.9 Å². The van der Waals surface area contributed by atoms with Gasteiger partial charge in [0.25, 0.3) is 0 Å². The Bertz CT molecular complexity index is 1810. The molecular formula is C34H41Cl3FN5O7Si. The first kappa shape index (κ1) is 41.7. The molecule has 0 saturated heterocycles. The van der Waals surface area contributed by atoms with Crippen LogP contribution in [0.5, 0.6) is 11.5 Å². The van der Waals surface area contributed by atoms with Gasteiger partial charge in [-0.2, -0.15) is 14.7 Å². The average Bonchev–Trinajstić information content (AvgIpc) is 3.25. The molecule has 2 aromatic carbocycles. The number of aliphatic imine (C=N–C) groups is 1. The van der Waals surface area contributed by atoms with Gasteiger partial charge in [-0.15, -0.1) is 0 Å². The van der Waals surface area contributed by atoms with Crippen molar-refractivity contribution < 1.29 is 42.6 Å². The van der Waals surface area contributed by atoms with E-state index in [9.17, 15) is 24.8 Å². The van der Waals surface area contributed by atoms with Gasteiger partial charge in [-0.05, 0) is 71.9 Å². The summed E-state index contributed by atoms with van der Waals surface area (Å²) >= 11 is 19.1. The summed E-state index contributed by atoms with van der Waals surface area (Å²) < 4.78 is 33.0. The number of hydrogen-bond donors (Lipinski definition) is 1. The van der Waals surface area contributed by atoms with Crippen LogP contribution in [-0.2, 0) is 20.8 Å².